The zero-order valence-electron chi connectivity index (χ0n) is 26.4. The molecule has 0 aliphatic rings. The first-order valence-electron chi connectivity index (χ1n) is 14.7. The number of nitrogens with zero attached hydrogens (tertiary/aromatic N) is 2. The summed E-state index contributed by atoms with van der Waals surface area (Å²) < 4.78 is 120. The van der Waals surface area contributed by atoms with E-state index in [9.17, 15) is 27.2 Å². The summed E-state index contributed by atoms with van der Waals surface area (Å²) in [6, 6.07) is 10.7. The van der Waals surface area contributed by atoms with Crippen LogP contribution in [0.5, 0.6) is 0 Å². The fourth-order valence-corrected chi connectivity index (χ4v) is 6.23. The van der Waals surface area contributed by atoms with Gasteiger partial charge >= 0.3 is 0 Å². The maximum absolute atomic E-state index is 15.1. The summed E-state index contributed by atoms with van der Waals surface area (Å²) in [5.41, 5.74) is 3.96. The van der Waals surface area contributed by atoms with Crippen molar-refractivity contribution in [1.82, 2.24) is 30.8 Å². The van der Waals surface area contributed by atoms with Gasteiger partial charge in [-0.1, -0.05) is 35.7 Å². The van der Waals surface area contributed by atoms with Crippen molar-refractivity contribution in [3.05, 3.63) is 94.1 Å². The average Bonchev–Trinajstić information content (AvgIpc) is 3.72. The van der Waals surface area contributed by atoms with E-state index in [1.54, 1.807) is 23.0 Å². The van der Waals surface area contributed by atoms with E-state index in [1.807, 2.05) is 49.0 Å². The number of amides is 2. The molecule has 6 aromatic rings. The molecule has 0 aliphatic heterocycles. The second kappa shape index (κ2) is 14.6. The quantitative estimate of drug-likeness (QED) is 0.0350. The number of hydrazine groups is 2. The lowest BCUT2D eigenvalue weighted by Crippen LogP contribution is -2.32. The summed E-state index contributed by atoms with van der Waals surface area (Å²) >= 11 is 1.76. The Kier molecular flexibility index (Phi) is 10.2. The van der Waals surface area contributed by atoms with E-state index in [4.69, 9.17) is 0 Å². The van der Waals surface area contributed by atoms with Gasteiger partial charge in [0.15, 0.2) is 56.9 Å². The molecule has 0 saturated heterocycles. The topological polar surface area (TPSA) is 140 Å². The average molecular weight is 767 g/mol. The number of imidazole rings is 2. The maximum Gasteiger partial charge on any atom is 0.248 e. The fraction of sp³-hybridized carbons (Fsp3) is 0.125. The van der Waals surface area contributed by atoms with Crippen molar-refractivity contribution in [1.29, 1.82) is 0 Å². The Labute approximate surface area is 295 Å². The molecule has 2 heterocycles. The first-order valence-corrected chi connectivity index (χ1v) is 16.7. The molecule has 0 unspecified atom stereocenters. The third-order valence-corrected chi connectivity index (χ3v) is 9.09. The highest BCUT2D eigenvalue weighted by atomic mass is 32.2. The molecule has 0 aliphatic carbocycles. The van der Waals surface area contributed by atoms with Gasteiger partial charge < -0.3 is 9.97 Å². The van der Waals surface area contributed by atoms with E-state index < -0.39 is 92.4 Å². The maximum atomic E-state index is 15.1. The number of H-pyrrole nitrogens is 2. The van der Waals surface area contributed by atoms with Gasteiger partial charge in [0.05, 0.1) is 44.7 Å². The molecule has 20 heteroatoms. The predicted octanol–water partition coefficient (Wildman–Crippen LogP) is 7.31. The van der Waals surface area contributed by atoms with Crippen molar-refractivity contribution in [2.24, 2.45) is 0 Å². The van der Waals surface area contributed by atoms with Crippen molar-refractivity contribution in [2.75, 3.05) is 22.4 Å². The Bertz CT molecular complexity index is 2180. The van der Waals surface area contributed by atoms with Gasteiger partial charge in [0.25, 0.3) is 0 Å². The number of hydrogen-bond acceptors (Lipinski definition) is 8. The third kappa shape index (κ3) is 7.15. The van der Waals surface area contributed by atoms with E-state index in [-0.39, 0.29) is 0 Å². The molecule has 270 valence electrons. The van der Waals surface area contributed by atoms with E-state index in [0.29, 0.717) is 32.4 Å². The van der Waals surface area contributed by atoms with Gasteiger partial charge in [-0.3, -0.25) is 31.3 Å². The number of carbonyl (C=O) groups is 2. The highest BCUT2D eigenvalue weighted by Crippen LogP contribution is 2.40. The van der Waals surface area contributed by atoms with Crippen LogP contribution in [0.25, 0.3) is 33.2 Å². The van der Waals surface area contributed by atoms with E-state index in [2.05, 4.69) is 19.9 Å². The summed E-state index contributed by atoms with van der Waals surface area (Å²) in [6.07, 6.45) is 0. The lowest BCUT2D eigenvalue weighted by molar-refractivity contribution is -0.118. The summed E-state index contributed by atoms with van der Waals surface area (Å²) in [6.45, 7) is 3.72. The van der Waals surface area contributed by atoms with Gasteiger partial charge in [-0.15, -0.1) is 0 Å². The van der Waals surface area contributed by atoms with E-state index in [1.165, 1.54) is 0 Å². The van der Waals surface area contributed by atoms with Crippen LogP contribution in [0.15, 0.2) is 46.7 Å². The first kappa shape index (κ1) is 36.3. The van der Waals surface area contributed by atoms with Crippen LogP contribution >= 0.6 is 23.5 Å². The number of fused-ring (bicyclic) bond motifs is 2. The minimum absolute atomic E-state index is 0.315. The number of hydrogen-bond donors (Lipinski definition) is 6. The monoisotopic (exact) mass is 766 g/mol. The molecule has 0 saturated carbocycles. The number of halogens is 8. The summed E-state index contributed by atoms with van der Waals surface area (Å²) in [4.78, 5) is 39.0. The number of aromatic amines is 2. The van der Waals surface area contributed by atoms with E-state index in [0.717, 1.165) is 34.7 Å². The van der Waals surface area contributed by atoms with Crippen molar-refractivity contribution >= 4 is 68.8 Å². The van der Waals surface area contributed by atoms with Gasteiger partial charge in [-0.2, -0.15) is 0 Å². The summed E-state index contributed by atoms with van der Waals surface area (Å²) in [5, 5.41) is 0.629. The number of benzene rings is 4. The largest absolute Gasteiger partial charge is 0.333 e. The Morgan fingerprint density at radius 3 is 1.27 bits per heavy atom. The van der Waals surface area contributed by atoms with Crippen LogP contribution in [0.2, 0.25) is 0 Å². The minimum atomic E-state index is -2.45. The highest BCUT2D eigenvalue weighted by Gasteiger charge is 2.34. The predicted molar refractivity (Wildman–Crippen MR) is 178 cm³/mol. The number of thioether (sulfide) groups is 2. The van der Waals surface area contributed by atoms with Crippen LogP contribution in [0, 0.1) is 60.4 Å². The number of nitrogens with one attached hydrogen (secondary N) is 6. The lowest BCUT2D eigenvalue weighted by atomic mass is 10.00. The molecule has 2 amide bonds. The Balaban J connectivity index is 1.14. The van der Waals surface area contributed by atoms with E-state index >= 15 is 17.6 Å². The van der Waals surface area contributed by atoms with Crippen molar-refractivity contribution < 1.29 is 44.7 Å². The number of anilines is 2. The van der Waals surface area contributed by atoms with Crippen LogP contribution in [-0.4, -0.2) is 43.3 Å². The van der Waals surface area contributed by atoms with Gasteiger partial charge in [-0.05, 0) is 49.2 Å². The zero-order chi connectivity index (χ0) is 37.4. The third-order valence-electron chi connectivity index (χ3n) is 7.34. The van der Waals surface area contributed by atoms with Crippen LogP contribution in [0.3, 0.4) is 0 Å². The Morgan fingerprint density at radius 2 is 0.923 bits per heavy atom. The molecule has 0 radical (unpaired) electrons. The van der Waals surface area contributed by atoms with Gasteiger partial charge in [0, 0.05) is 0 Å². The highest BCUT2D eigenvalue weighted by molar-refractivity contribution is 8.00. The summed E-state index contributed by atoms with van der Waals surface area (Å²) in [5.74, 6) is -21.6. The molecule has 6 rings (SSSR count). The summed E-state index contributed by atoms with van der Waals surface area (Å²) in [7, 11) is 0. The fourth-order valence-electron chi connectivity index (χ4n) is 4.86. The molecule has 0 bridgehead atoms. The normalized spacial score (nSPS) is 11.3. The first-order chi connectivity index (χ1) is 24.7. The SMILES string of the molecule is Cc1ccc2nc(SCC(=O)NNc3c(F)c(F)c(-c4c(F)c(F)c(NNC(=O)CSc5nc6ccc(C)cc6[nH]5)c(F)c4F)c(F)c3F)[nH]c2c1. The Hall–Kier alpha value is -5.50. The molecule has 10 nitrogen and oxygen atoms in total. The van der Waals surface area contributed by atoms with Gasteiger partial charge in [0.1, 0.15) is 11.4 Å². The molecule has 52 heavy (non-hydrogen) atoms. The molecule has 4 aromatic carbocycles. The smallest absolute Gasteiger partial charge is 0.248 e. The van der Waals surface area contributed by atoms with Crippen molar-refractivity contribution in [3.8, 4) is 11.1 Å². The number of rotatable bonds is 11. The minimum Gasteiger partial charge on any atom is -0.333 e. The van der Waals surface area contributed by atoms with Gasteiger partial charge in [-0.25, -0.2) is 45.1 Å². The number of aryl methyl sites for hydroxylation is 2. The van der Waals surface area contributed by atoms with Crippen LogP contribution in [-0.2, 0) is 9.59 Å². The Morgan fingerprint density at radius 1 is 0.577 bits per heavy atom. The molecule has 0 fully saturated rings. The standard InChI is InChI=1S/C32H22F8N8O2S2/c1-11-3-5-13-15(7-11)43-31(41-13)51-9-17(49)45-47-29-25(37)21(33)19(22(34)26(29)38)20-23(35)27(39)30(28(40)24(20)36)48-46-18(50)10-52-32-42-14-6-4-12(2)8-16(14)44-32/h3-8,47-48H,9-10H2,1-2H3,(H,41,43)(H,42,44)(H,45,49)(H,46,50). The van der Waals surface area contributed by atoms with Crippen LogP contribution in [0.4, 0.5) is 46.5 Å². The molecule has 0 atom stereocenters. The number of aromatic nitrogens is 4. The molecular weight excluding hydrogens is 745 g/mol. The van der Waals surface area contributed by atoms with Crippen molar-refractivity contribution in [3.63, 3.8) is 0 Å². The van der Waals surface area contributed by atoms with Crippen LogP contribution in [0.1, 0.15) is 11.1 Å². The molecule has 0 spiro atoms. The molecule has 2 aromatic heterocycles. The zero-order valence-corrected chi connectivity index (χ0v) is 28.1. The van der Waals surface area contributed by atoms with Crippen molar-refractivity contribution in [2.45, 2.75) is 24.2 Å². The van der Waals surface area contributed by atoms with Crippen LogP contribution < -0.4 is 21.7 Å². The molecule has 6 N–H and O–H groups in total. The van der Waals surface area contributed by atoms with Gasteiger partial charge in [0.2, 0.25) is 11.8 Å². The second-order valence-corrected chi connectivity index (χ2v) is 13.0. The molecular formula is C32H22F8N8O2S2. The number of carbonyl (C=O) groups excluding carboxylic acids is 2. The second-order valence-electron chi connectivity index (χ2n) is 11.1. The lowest BCUT2D eigenvalue weighted by Gasteiger charge is -2.17.